The van der Waals surface area contributed by atoms with Gasteiger partial charge in [-0.15, -0.1) is 11.8 Å². The molecular formula is C25H30O5S2. The number of rotatable bonds is 8. The van der Waals surface area contributed by atoms with Crippen molar-refractivity contribution in [3.05, 3.63) is 72.3 Å². The number of sulfone groups is 1. The molecule has 0 atom stereocenters. The summed E-state index contributed by atoms with van der Waals surface area (Å²) < 4.78 is 35.1. The topological polar surface area (TPSA) is 72.8 Å². The second kappa shape index (κ2) is 12.4. The van der Waals surface area contributed by atoms with E-state index in [1.54, 1.807) is 23.9 Å². The number of phenolic OH excluding ortho intramolecular Hbond substituents is 1. The van der Waals surface area contributed by atoms with Gasteiger partial charge < -0.3 is 14.6 Å². The third-order valence-corrected chi connectivity index (χ3v) is 7.14. The molecule has 32 heavy (non-hydrogen) atoms. The van der Waals surface area contributed by atoms with Crippen molar-refractivity contribution in [1.82, 2.24) is 0 Å². The predicted octanol–water partition coefficient (Wildman–Crippen LogP) is 6.13. The third kappa shape index (κ3) is 7.21. The molecule has 3 aromatic rings. The summed E-state index contributed by atoms with van der Waals surface area (Å²) in [5.74, 6) is 1.65. The standard InChI is InChI=1S/C13H12O4S.C12H18OS/c1-17-11-4-8-13(9-5-11)18(15,16)12-6-2-10(14)3-7-12;1-4-5-8-13-11-7-6-10(2)9-12(11)14-3/h2-9,14H,1H3;6-7,9H,4-5,8H2,1-3H3. The van der Waals surface area contributed by atoms with E-state index in [1.807, 2.05) is 0 Å². The molecule has 0 fully saturated rings. The fourth-order valence-electron chi connectivity index (χ4n) is 2.74. The molecule has 0 spiro atoms. The highest BCUT2D eigenvalue weighted by Gasteiger charge is 2.17. The normalized spacial score (nSPS) is 10.8. The van der Waals surface area contributed by atoms with Gasteiger partial charge in [-0.25, -0.2) is 8.42 Å². The van der Waals surface area contributed by atoms with Gasteiger partial charge in [-0.2, -0.15) is 0 Å². The zero-order valence-electron chi connectivity index (χ0n) is 18.9. The Hall–Kier alpha value is -2.64. The van der Waals surface area contributed by atoms with Crippen molar-refractivity contribution in [3.63, 3.8) is 0 Å². The number of phenols is 1. The van der Waals surface area contributed by atoms with Crippen LogP contribution in [0.5, 0.6) is 17.2 Å². The molecule has 0 saturated carbocycles. The average Bonchev–Trinajstić information content (AvgIpc) is 2.81. The first-order valence-corrected chi connectivity index (χ1v) is 13.0. The van der Waals surface area contributed by atoms with E-state index in [-0.39, 0.29) is 15.5 Å². The highest BCUT2D eigenvalue weighted by Crippen LogP contribution is 2.28. The van der Waals surface area contributed by atoms with Gasteiger partial charge >= 0.3 is 0 Å². The van der Waals surface area contributed by atoms with Crippen LogP contribution in [0.1, 0.15) is 25.3 Å². The van der Waals surface area contributed by atoms with Gasteiger partial charge in [-0.1, -0.05) is 19.4 Å². The van der Waals surface area contributed by atoms with E-state index in [9.17, 15) is 8.42 Å². The first kappa shape index (κ1) is 25.6. The molecule has 0 aliphatic carbocycles. The summed E-state index contributed by atoms with van der Waals surface area (Å²) in [6, 6.07) is 17.9. The first-order chi connectivity index (χ1) is 15.3. The van der Waals surface area contributed by atoms with Crippen LogP contribution in [-0.4, -0.2) is 33.5 Å². The van der Waals surface area contributed by atoms with Crippen molar-refractivity contribution in [1.29, 1.82) is 0 Å². The smallest absolute Gasteiger partial charge is 0.206 e. The van der Waals surface area contributed by atoms with Gasteiger partial charge in [0.2, 0.25) is 9.84 Å². The maximum atomic E-state index is 12.2. The van der Waals surface area contributed by atoms with E-state index < -0.39 is 9.84 Å². The van der Waals surface area contributed by atoms with Crippen molar-refractivity contribution in [2.24, 2.45) is 0 Å². The molecule has 0 aliphatic rings. The predicted molar refractivity (Wildman–Crippen MR) is 130 cm³/mol. The van der Waals surface area contributed by atoms with Gasteiger partial charge in [0.15, 0.2) is 0 Å². The van der Waals surface area contributed by atoms with Crippen molar-refractivity contribution in [3.8, 4) is 17.2 Å². The number of ether oxygens (including phenoxy) is 2. The van der Waals surface area contributed by atoms with E-state index >= 15 is 0 Å². The lowest BCUT2D eigenvalue weighted by molar-refractivity contribution is 0.302. The lowest BCUT2D eigenvalue weighted by Gasteiger charge is -2.09. The Morgan fingerprint density at radius 3 is 2.06 bits per heavy atom. The molecule has 0 aromatic heterocycles. The number of unbranched alkanes of at least 4 members (excludes halogenated alkanes) is 1. The average molecular weight is 475 g/mol. The van der Waals surface area contributed by atoms with Crippen molar-refractivity contribution in [2.75, 3.05) is 20.0 Å². The number of methoxy groups -OCH3 is 1. The van der Waals surface area contributed by atoms with Crippen LogP contribution >= 0.6 is 11.8 Å². The molecular weight excluding hydrogens is 444 g/mol. The maximum absolute atomic E-state index is 12.2. The number of hydrogen-bond acceptors (Lipinski definition) is 6. The molecule has 0 amide bonds. The second-order valence-corrected chi connectivity index (χ2v) is 9.83. The van der Waals surface area contributed by atoms with E-state index in [1.165, 1.54) is 60.4 Å². The lowest BCUT2D eigenvalue weighted by Crippen LogP contribution is -2.01. The van der Waals surface area contributed by atoms with Crippen LogP contribution in [0.4, 0.5) is 0 Å². The monoisotopic (exact) mass is 474 g/mol. The lowest BCUT2D eigenvalue weighted by atomic mass is 10.2. The van der Waals surface area contributed by atoms with Gasteiger partial charge in [0.1, 0.15) is 17.2 Å². The Morgan fingerprint density at radius 2 is 1.53 bits per heavy atom. The van der Waals surface area contributed by atoms with Crippen LogP contribution in [0.3, 0.4) is 0 Å². The number of aromatic hydroxyl groups is 1. The van der Waals surface area contributed by atoms with Gasteiger partial charge in [0.05, 0.1) is 23.5 Å². The summed E-state index contributed by atoms with van der Waals surface area (Å²) in [6.07, 6.45) is 4.39. The van der Waals surface area contributed by atoms with Crippen molar-refractivity contribution >= 4 is 21.6 Å². The zero-order valence-corrected chi connectivity index (χ0v) is 20.5. The van der Waals surface area contributed by atoms with Crippen LogP contribution in [0, 0.1) is 6.92 Å². The molecule has 3 rings (SSSR count). The van der Waals surface area contributed by atoms with Crippen LogP contribution in [-0.2, 0) is 9.84 Å². The minimum Gasteiger partial charge on any atom is -0.508 e. The van der Waals surface area contributed by atoms with E-state index in [4.69, 9.17) is 14.6 Å². The molecule has 0 bridgehead atoms. The van der Waals surface area contributed by atoms with Gasteiger partial charge in [0, 0.05) is 4.90 Å². The molecule has 0 unspecified atom stereocenters. The highest BCUT2D eigenvalue weighted by atomic mass is 32.2. The third-order valence-electron chi connectivity index (χ3n) is 4.59. The van der Waals surface area contributed by atoms with E-state index in [0.29, 0.717) is 5.75 Å². The molecule has 0 saturated heterocycles. The summed E-state index contributed by atoms with van der Waals surface area (Å²) in [6.45, 7) is 5.11. The number of aryl methyl sites for hydroxylation is 1. The molecule has 7 heteroatoms. The van der Waals surface area contributed by atoms with Crippen molar-refractivity contribution < 1.29 is 23.0 Å². The minimum absolute atomic E-state index is 0.0312. The van der Waals surface area contributed by atoms with Crippen molar-refractivity contribution in [2.45, 2.75) is 41.4 Å². The molecule has 5 nitrogen and oxygen atoms in total. The number of hydrogen-bond donors (Lipinski definition) is 1. The van der Waals surface area contributed by atoms with Gasteiger partial charge in [0.25, 0.3) is 0 Å². The largest absolute Gasteiger partial charge is 0.508 e. The maximum Gasteiger partial charge on any atom is 0.206 e. The Balaban J connectivity index is 0.000000235. The van der Waals surface area contributed by atoms with Crippen LogP contribution in [0.25, 0.3) is 0 Å². The van der Waals surface area contributed by atoms with Gasteiger partial charge in [-0.3, -0.25) is 0 Å². The Morgan fingerprint density at radius 1 is 0.938 bits per heavy atom. The molecule has 0 heterocycles. The Labute approximate surface area is 195 Å². The zero-order chi connectivity index (χ0) is 23.6. The Bertz CT molecular complexity index is 1080. The SMILES string of the molecule is CCCCOc1ccc(C)cc1SC.COc1ccc(S(=O)(=O)c2ccc(O)cc2)cc1. The fourth-order valence-corrected chi connectivity index (χ4v) is 4.63. The highest BCUT2D eigenvalue weighted by molar-refractivity contribution is 7.98. The summed E-state index contributed by atoms with van der Waals surface area (Å²) in [7, 11) is -2.03. The molecule has 0 aliphatic heterocycles. The summed E-state index contributed by atoms with van der Waals surface area (Å²) in [5.41, 5.74) is 1.29. The molecule has 3 aromatic carbocycles. The first-order valence-electron chi connectivity index (χ1n) is 10.3. The number of benzene rings is 3. The summed E-state index contributed by atoms with van der Waals surface area (Å²) in [4.78, 5) is 1.57. The molecule has 172 valence electrons. The second-order valence-electron chi connectivity index (χ2n) is 7.03. The minimum atomic E-state index is -3.55. The van der Waals surface area contributed by atoms with Crippen LogP contribution < -0.4 is 9.47 Å². The fraction of sp³-hybridized carbons (Fsp3) is 0.280. The summed E-state index contributed by atoms with van der Waals surface area (Å²) >= 11 is 1.74. The molecule has 0 radical (unpaired) electrons. The van der Waals surface area contributed by atoms with E-state index in [0.717, 1.165) is 18.8 Å². The van der Waals surface area contributed by atoms with Gasteiger partial charge in [-0.05, 0) is 85.8 Å². The quantitative estimate of drug-likeness (QED) is 0.313. The van der Waals surface area contributed by atoms with Crippen LogP contribution in [0.15, 0.2) is 81.4 Å². The number of thioether (sulfide) groups is 1. The summed E-state index contributed by atoms with van der Waals surface area (Å²) in [5, 5.41) is 9.15. The molecule has 1 N–H and O–H groups in total. The Kier molecular flexibility index (Phi) is 9.94. The van der Waals surface area contributed by atoms with Crippen LogP contribution in [0.2, 0.25) is 0 Å². The van der Waals surface area contributed by atoms with E-state index in [2.05, 4.69) is 38.3 Å².